The van der Waals surface area contributed by atoms with Crippen LogP contribution in [0.3, 0.4) is 0 Å². The molecule has 43 heavy (non-hydrogen) atoms. The third-order valence-electron chi connectivity index (χ3n) is 6.79. The first-order valence-electron chi connectivity index (χ1n) is 13.9. The Morgan fingerprint density at radius 3 is 2.30 bits per heavy atom. The normalized spacial score (nSPS) is 11.3. The summed E-state index contributed by atoms with van der Waals surface area (Å²) >= 11 is 1.46. The third-order valence-corrected chi connectivity index (χ3v) is 7.64. The minimum Gasteiger partial charge on any atom is -0.494 e. The largest absolute Gasteiger partial charge is 0.494 e. The standard InChI is InChI=1S/C33H33F2NO6S/c1-43-33-26(9-5-12-29(37)38)25-8-4-7-23(32(25)36(33)21-30(39)40)16-13-22-14-17-24(18-15-22)41-19-2-3-20-42-28-11-6-10-27(34)31(28)35/h4,6-8,10-11,13-18H,2-3,5,9,12,19-21H2,1H3,(H,37,38)(H,39,40)/b16-13+. The molecule has 1 heterocycles. The number of benzene rings is 3. The highest BCUT2D eigenvalue weighted by atomic mass is 32.2. The van der Waals surface area contributed by atoms with Crippen molar-refractivity contribution in [1.82, 2.24) is 4.57 Å². The molecule has 0 spiro atoms. The van der Waals surface area contributed by atoms with Gasteiger partial charge in [0.25, 0.3) is 0 Å². The summed E-state index contributed by atoms with van der Waals surface area (Å²) in [6.07, 6.45) is 8.14. The number of hydrogen-bond acceptors (Lipinski definition) is 5. The van der Waals surface area contributed by atoms with Crippen molar-refractivity contribution in [2.75, 3.05) is 19.5 Å². The van der Waals surface area contributed by atoms with Crippen LogP contribution < -0.4 is 9.47 Å². The second kappa shape index (κ2) is 15.2. The zero-order valence-electron chi connectivity index (χ0n) is 23.7. The van der Waals surface area contributed by atoms with Gasteiger partial charge in [-0.3, -0.25) is 9.59 Å². The van der Waals surface area contributed by atoms with Gasteiger partial charge in [-0.15, -0.1) is 11.8 Å². The molecule has 0 atom stereocenters. The number of aliphatic carboxylic acids is 2. The molecular weight excluding hydrogens is 576 g/mol. The number of fused-ring (bicyclic) bond motifs is 1. The van der Waals surface area contributed by atoms with Gasteiger partial charge in [-0.25, -0.2) is 4.39 Å². The van der Waals surface area contributed by atoms with Crippen molar-refractivity contribution in [3.8, 4) is 11.5 Å². The first-order valence-corrected chi connectivity index (χ1v) is 15.1. The minimum absolute atomic E-state index is 0.0466. The van der Waals surface area contributed by atoms with E-state index in [0.29, 0.717) is 38.0 Å². The van der Waals surface area contributed by atoms with Crippen LogP contribution in [0, 0.1) is 11.6 Å². The van der Waals surface area contributed by atoms with E-state index in [1.807, 2.05) is 60.9 Å². The molecule has 0 fully saturated rings. The molecule has 0 saturated heterocycles. The maximum atomic E-state index is 13.6. The van der Waals surface area contributed by atoms with E-state index in [1.165, 1.54) is 23.9 Å². The number of carbonyl (C=O) groups is 2. The van der Waals surface area contributed by atoms with E-state index in [4.69, 9.17) is 14.6 Å². The predicted molar refractivity (Wildman–Crippen MR) is 164 cm³/mol. The van der Waals surface area contributed by atoms with E-state index in [9.17, 15) is 23.5 Å². The topological polar surface area (TPSA) is 98.0 Å². The Morgan fingerprint density at radius 1 is 0.884 bits per heavy atom. The van der Waals surface area contributed by atoms with Gasteiger partial charge in [0.15, 0.2) is 11.6 Å². The quantitative estimate of drug-likeness (QED) is 0.0769. The van der Waals surface area contributed by atoms with Gasteiger partial charge in [-0.1, -0.05) is 48.6 Å². The van der Waals surface area contributed by atoms with E-state index in [-0.39, 0.29) is 25.3 Å². The van der Waals surface area contributed by atoms with Crippen LogP contribution in [0.4, 0.5) is 8.78 Å². The lowest BCUT2D eigenvalue weighted by atomic mass is 10.0. The SMILES string of the molecule is CSc1c(CCCC(=O)O)c2cccc(/C=C/c3ccc(OCCCCOc4cccc(F)c4F)cc3)c2n1CC(=O)O. The van der Waals surface area contributed by atoms with Gasteiger partial charge < -0.3 is 24.3 Å². The number of aryl methyl sites for hydroxylation is 1. The molecule has 4 aromatic rings. The van der Waals surface area contributed by atoms with E-state index in [0.717, 1.165) is 38.7 Å². The highest BCUT2D eigenvalue weighted by Crippen LogP contribution is 2.36. The van der Waals surface area contributed by atoms with Crippen molar-refractivity contribution in [3.63, 3.8) is 0 Å². The summed E-state index contributed by atoms with van der Waals surface area (Å²) in [4.78, 5) is 22.8. The number of para-hydroxylation sites is 1. The number of ether oxygens (including phenoxy) is 2. The van der Waals surface area contributed by atoms with Gasteiger partial charge in [0.05, 0.1) is 23.8 Å². The summed E-state index contributed by atoms with van der Waals surface area (Å²) in [6.45, 7) is 0.494. The Hall–Kier alpha value is -4.31. The number of unbranched alkanes of at least 4 members (excludes halogenated alkanes) is 1. The second-order valence-electron chi connectivity index (χ2n) is 9.82. The second-order valence-corrected chi connectivity index (χ2v) is 10.6. The smallest absolute Gasteiger partial charge is 0.323 e. The van der Waals surface area contributed by atoms with Crippen molar-refractivity contribution >= 4 is 46.8 Å². The number of aromatic nitrogens is 1. The summed E-state index contributed by atoms with van der Waals surface area (Å²) in [6, 6.07) is 17.2. The van der Waals surface area contributed by atoms with E-state index in [2.05, 4.69) is 0 Å². The third kappa shape index (κ3) is 8.38. The molecule has 10 heteroatoms. The van der Waals surface area contributed by atoms with Gasteiger partial charge in [0.1, 0.15) is 12.3 Å². The molecule has 0 unspecified atom stereocenters. The van der Waals surface area contributed by atoms with Crippen LogP contribution in [0.25, 0.3) is 23.1 Å². The molecule has 0 radical (unpaired) electrons. The average Bonchev–Trinajstić information content (AvgIpc) is 3.28. The average molecular weight is 610 g/mol. The zero-order valence-corrected chi connectivity index (χ0v) is 24.5. The zero-order chi connectivity index (χ0) is 30.8. The molecule has 2 N–H and O–H groups in total. The predicted octanol–water partition coefficient (Wildman–Crippen LogP) is 7.54. The molecule has 0 bridgehead atoms. The van der Waals surface area contributed by atoms with Crippen LogP contribution in [0.15, 0.2) is 65.7 Å². The molecule has 0 amide bonds. The van der Waals surface area contributed by atoms with Crippen molar-refractivity contribution in [3.05, 3.63) is 89.0 Å². The molecule has 3 aromatic carbocycles. The van der Waals surface area contributed by atoms with Gasteiger partial charge in [0.2, 0.25) is 5.82 Å². The molecule has 4 rings (SSSR count). The summed E-state index contributed by atoms with van der Waals surface area (Å²) in [5.41, 5.74) is 3.56. The van der Waals surface area contributed by atoms with Crippen molar-refractivity contribution in [2.24, 2.45) is 0 Å². The number of nitrogens with zero attached hydrogens (tertiary/aromatic N) is 1. The first kappa shape index (κ1) is 31.6. The van der Waals surface area contributed by atoms with E-state index in [1.54, 1.807) is 4.57 Å². The van der Waals surface area contributed by atoms with Crippen molar-refractivity contribution < 1.29 is 38.1 Å². The van der Waals surface area contributed by atoms with Gasteiger partial charge in [-0.2, -0.15) is 4.39 Å². The molecule has 1 aromatic heterocycles. The van der Waals surface area contributed by atoms with E-state index < -0.39 is 23.6 Å². The Labute approximate surface area is 252 Å². The molecule has 0 aliphatic heterocycles. The number of rotatable bonds is 16. The van der Waals surface area contributed by atoms with Crippen molar-refractivity contribution in [1.29, 1.82) is 0 Å². The molecule has 7 nitrogen and oxygen atoms in total. The lowest BCUT2D eigenvalue weighted by Crippen LogP contribution is -2.10. The number of hydrogen-bond donors (Lipinski definition) is 2. The van der Waals surface area contributed by atoms with Crippen LogP contribution in [-0.4, -0.2) is 46.2 Å². The fourth-order valence-electron chi connectivity index (χ4n) is 4.83. The molecular formula is C33H33F2NO6S. The number of halogens is 2. The Kier molecular flexibility index (Phi) is 11.2. The van der Waals surface area contributed by atoms with Gasteiger partial charge in [0, 0.05) is 11.8 Å². The lowest BCUT2D eigenvalue weighted by Gasteiger charge is -2.09. The summed E-state index contributed by atoms with van der Waals surface area (Å²) < 4.78 is 39.8. The Balaban J connectivity index is 1.40. The highest BCUT2D eigenvalue weighted by molar-refractivity contribution is 7.98. The molecule has 0 aliphatic carbocycles. The van der Waals surface area contributed by atoms with Gasteiger partial charge >= 0.3 is 11.9 Å². The maximum Gasteiger partial charge on any atom is 0.323 e. The summed E-state index contributed by atoms with van der Waals surface area (Å²) in [5, 5.41) is 20.5. The molecule has 0 saturated carbocycles. The fourth-order valence-corrected chi connectivity index (χ4v) is 5.67. The first-order chi connectivity index (χ1) is 20.8. The van der Waals surface area contributed by atoms with Crippen LogP contribution in [0.1, 0.15) is 42.4 Å². The number of thioether (sulfide) groups is 1. The van der Waals surface area contributed by atoms with Crippen LogP contribution in [-0.2, 0) is 22.6 Å². The maximum absolute atomic E-state index is 13.6. The van der Waals surface area contributed by atoms with E-state index >= 15 is 0 Å². The van der Waals surface area contributed by atoms with Crippen molar-refractivity contribution in [2.45, 2.75) is 43.7 Å². The van der Waals surface area contributed by atoms with Crippen LogP contribution in [0.5, 0.6) is 11.5 Å². The molecule has 0 aliphatic rings. The van der Waals surface area contributed by atoms with Gasteiger partial charge in [-0.05, 0) is 72.9 Å². The summed E-state index contributed by atoms with van der Waals surface area (Å²) in [5.74, 6) is -3.13. The fraction of sp³-hybridized carbons (Fsp3) is 0.273. The van der Waals surface area contributed by atoms with Crippen LogP contribution >= 0.6 is 11.8 Å². The van der Waals surface area contributed by atoms with Crippen LogP contribution in [0.2, 0.25) is 0 Å². The number of carboxylic acids is 2. The Morgan fingerprint density at radius 2 is 1.60 bits per heavy atom. The summed E-state index contributed by atoms with van der Waals surface area (Å²) in [7, 11) is 0. The lowest BCUT2D eigenvalue weighted by molar-refractivity contribution is -0.138. The monoisotopic (exact) mass is 609 g/mol. The highest BCUT2D eigenvalue weighted by Gasteiger charge is 2.20. The minimum atomic E-state index is -0.985. The molecule has 226 valence electrons. The number of carboxylic acid groups (broad SMARTS) is 2. The Bertz CT molecular complexity index is 1600.